The van der Waals surface area contributed by atoms with E-state index in [1.54, 1.807) is 14.2 Å². The summed E-state index contributed by atoms with van der Waals surface area (Å²) in [6, 6.07) is 0. The molecule has 0 aromatic carbocycles. The SMILES string of the molecule is C#C[C@@H](C)CCC(OC)OC. The second-order valence-corrected chi connectivity index (χ2v) is 2.55. The molecule has 0 aromatic heterocycles. The van der Waals surface area contributed by atoms with Crippen LogP contribution in [0.3, 0.4) is 0 Å². The molecule has 0 aliphatic carbocycles. The van der Waals surface area contributed by atoms with E-state index in [4.69, 9.17) is 15.9 Å². The molecule has 0 saturated carbocycles. The smallest absolute Gasteiger partial charge is 0.156 e. The van der Waals surface area contributed by atoms with Gasteiger partial charge >= 0.3 is 0 Å². The zero-order valence-corrected chi connectivity index (χ0v) is 7.46. The molecule has 0 rings (SSSR count). The van der Waals surface area contributed by atoms with Crippen molar-refractivity contribution >= 4 is 0 Å². The Morgan fingerprint density at radius 3 is 2.18 bits per heavy atom. The zero-order valence-electron chi connectivity index (χ0n) is 7.46. The van der Waals surface area contributed by atoms with Crippen LogP contribution < -0.4 is 0 Å². The molecule has 0 aliphatic heterocycles. The minimum absolute atomic E-state index is 0.106. The number of hydrogen-bond acceptors (Lipinski definition) is 2. The van der Waals surface area contributed by atoms with Gasteiger partial charge in [0.2, 0.25) is 0 Å². The van der Waals surface area contributed by atoms with Crippen molar-refractivity contribution in [2.75, 3.05) is 14.2 Å². The summed E-state index contributed by atoms with van der Waals surface area (Å²) in [6.07, 6.45) is 6.91. The van der Waals surface area contributed by atoms with Gasteiger partial charge in [0.1, 0.15) is 0 Å². The molecule has 0 fully saturated rings. The van der Waals surface area contributed by atoms with Crippen LogP contribution in [-0.2, 0) is 9.47 Å². The minimum Gasteiger partial charge on any atom is -0.356 e. The van der Waals surface area contributed by atoms with Crippen LogP contribution in [0.5, 0.6) is 0 Å². The lowest BCUT2D eigenvalue weighted by Gasteiger charge is -2.13. The molecular formula is C9H16O2. The minimum atomic E-state index is -0.106. The molecule has 0 amide bonds. The number of terminal acetylenes is 1. The Kier molecular flexibility index (Phi) is 5.91. The highest BCUT2D eigenvalue weighted by molar-refractivity contribution is 4.89. The van der Waals surface area contributed by atoms with Crippen LogP contribution >= 0.6 is 0 Å². The lowest BCUT2D eigenvalue weighted by atomic mass is 10.1. The van der Waals surface area contributed by atoms with E-state index in [2.05, 4.69) is 5.92 Å². The average Bonchev–Trinajstić information content (AvgIpc) is 2.06. The second-order valence-electron chi connectivity index (χ2n) is 2.55. The van der Waals surface area contributed by atoms with Crippen LogP contribution in [0.4, 0.5) is 0 Å². The molecule has 1 atom stereocenters. The Morgan fingerprint density at radius 2 is 1.82 bits per heavy atom. The first-order valence-electron chi connectivity index (χ1n) is 3.76. The summed E-state index contributed by atoms with van der Waals surface area (Å²) in [7, 11) is 3.27. The van der Waals surface area contributed by atoms with E-state index < -0.39 is 0 Å². The first-order chi connectivity index (χ1) is 5.24. The van der Waals surface area contributed by atoms with Gasteiger partial charge in [-0.15, -0.1) is 12.3 Å². The highest BCUT2D eigenvalue weighted by atomic mass is 16.7. The van der Waals surface area contributed by atoms with Crippen molar-refractivity contribution in [2.45, 2.75) is 26.1 Å². The third-order valence-corrected chi connectivity index (χ3v) is 1.65. The van der Waals surface area contributed by atoms with E-state index in [9.17, 15) is 0 Å². The van der Waals surface area contributed by atoms with Gasteiger partial charge in [-0.2, -0.15) is 0 Å². The summed E-state index contributed by atoms with van der Waals surface area (Å²) in [5.74, 6) is 2.97. The third kappa shape index (κ3) is 4.83. The van der Waals surface area contributed by atoms with Gasteiger partial charge in [-0.05, 0) is 12.8 Å². The Balaban J connectivity index is 3.44. The number of rotatable bonds is 5. The van der Waals surface area contributed by atoms with Gasteiger partial charge in [-0.1, -0.05) is 6.92 Å². The van der Waals surface area contributed by atoms with E-state index in [1.807, 2.05) is 6.92 Å². The zero-order chi connectivity index (χ0) is 8.69. The van der Waals surface area contributed by atoms with Crippen molar-refractivity contribution in [3.8, 4) is 12.3 Å². The van der Waals surface area contributed by atoms with E-state index in [0.29, 0.717) is 5.92 Å². The molecule has 0 bridgehead atoms. The van der Waals surface area contributed by atoms with Gasteiger partial charge in [0, 0.05) is 20.1 Å². The van der Waals surface area contributed by atoms with E-state index in [-0.39, 0.29) is 6.29 Å². The molecule has 2 nitrogen and oxygen atoms in total. The van der Waals surface area contributed by atoms with Crippen molar-refractivity contribution in [1.29, 1.82) is 0 Å². The van der Waals surface area contributed by atoms with Gasteiger partial charge in [-0.25, -0.2) is 0 Å². The summed E-state index contributed by atoms with van der Waals surface area (Å²) in [5.41, 5.74) is 0. The molecule has 0 radical (unpaired) electrons. The third-order valence-electron chi connectivity index (χ3n) is 1.65. The molecule has 0 aromatic rings. The van der Waals surface area contributed by atoms with Crippen molar-refractivity contribution in [3.05, 3.63) is 0 Å². The van der Waals surface area contributed by atoms with Crippen LogP contribution in [0, 0.1) is 18.3 Å². The topological polar surface area (TPSA) is 18.5 Å². The molecule has 0 aliphatic rings. The number of hydrogen-bond donors (Lipinski definition) is 0. The van der Waals surface area contributed by atoms with Crippen LogP contribution in [0.2, 0.25) is 0 Å². The molecule has 0 unspecified atom stereocenters. The lowest BCUT2D eigenvalue weighted by molar-refractivity contribution is -0.107. The van der Waals surface area contributed by atoms with Crippen molar-refractivity contribution in [1.82, 2.24) is 0 Å². The summed E-state index contributed by atoms with van der Waals surface area (Å²) < 4.78 is 10.0. The van der Waals surface area contributed by atoms with Crippen molar-refractivity contribution in [3.63, 3.8) is 0 Å². The maximum atomic E-state index is 5.21. The van der Waals surface area contributed by atoms with Gasteiger partial charge in [0.15, 0.2) is 6.29 Å². The van der Waals surface area contributed by atoms with Crippen LogP contribution in [0.15, 0.2) is 0 Å². The first kappa shape index (κ1) is 10.5. The van der Waals surface area contributed by atoms with E-state index >= 15 is 0 Å². The predicted molar refractivity (Wildman–Crippen MR) is 45.0 cm³/mol. The number of ether oxygens (including phenoxy) is 2. The summed E-state index contributed by atoms with van der Waals surface area (Å²) >= 11 is 0. The van der Waals surface area contributed by atoms with Gasteiger partial charge in [0.05, 0.1) is 0 Å². The quantitative estimate of drug-likeness (QED) is 0.445. The number of methoxy groups -OCH3 is 2. The van der Waals surface area contributed by atoms with Crippen LogP contribution in [-0.4, -0.2) is 20.5 Å². The maximum Gasteiger partial charge on any atom is 0.156 e. The summed E-state index contributed by atoms with van der Waals surface area (Å²) in [4.78, 5) is 0. The fraction of sp³-hybridized carbons (Fsp3) is 0.778. The molecule has 0 heterocycles. The molecule has 11 heavy (non-hydrogen) atoms. The van der Waals surface area contributed by atoms with Crippen LogP contribution in [0.1, 0.15) is 19.8 Å². The van der Waals surface area contributed by atoms with Gasteiger partial charge in [0.25, 0.3) is 0 Å². The maximum absolute atomic E-state index is 5.21. The fourth-order valence-corrected chi connectivity index (χ4v) is 0.801. The fourth-order valence-electron chi connectivity index (χ4n) is 0.801. The Bertz CT molecular complexity index is 122. The van der Waals surface area contributed by atoms with Gasteiger partial charge < -0.3 is 9.47 Å². The monoisotopic (exact) mass is 156 g/mol. The summed E-state index contributed by atoms with van der Waals surface area (Å²) in [6.45, 7) is 2.02. The van der Waals surface area contributed by atoms with Crippen molar-refractivity contribution in [2.24, 2.45) is 5.92 Å². The first-order valence-corrected chi connectivity index (χ1v) is 3.76. The van der Waals surface area contributed by atoms with E-state index in [0.717, 1.165) is 12.8 Å². The second kappa shape index (κ2) is 6.21. The predicted octanol–water partition coefficient (Wildman–Crippen LogP) is 1.65. The standard InChI is InChI=1S/C9H16O2/c1-5-8(2)6-7-9(10-3)11-4/h1,8-9H,6-7H2,2-4H3/t8-/m1/s1. The lowest BCUT2D eigenvalue weighted by Crippen LogP contribution is -2.13. The highest BCUT2D eigenvalue weighted by Gasteiger charge is 2.06. The normalized spacial score (nSPS) is 13.0. The van der Waals surface area contributed by atoms with Crippen molar-refractivity contribution < 1.29 is 9.47 Å². The van der Waals surface area contributed by atoms with Crippen LogP contribution in [0.25, 0.3) is 0 Å². The average molecular weight is 156 g/mol. The largest absolute Gasteiger partial charge is 0.356 e. The molecule has 64 valence electrons. The summed E-state index contributed by atoms with van der Waals surface area (Å²) in [5, 5.41) is 0. The molecule has 0 saturated heterocycles. The van der Waals surface area contributed by atoms with Gasteiger partial charge in [-0.3, -0.25) is 0 Å². The molecular weight excluding hydrogens is 140 g/mol. The molecule has 2 heteroatoms. The Hall–Kier alpha value is -0.520. The Labute approximate surface area is 68.9 Å². The highest BCUT2D eigenvalue weighted by Crippen LogP contribution is 2.08. The molecule has 0 N–H and O–H groups in total. The Morgan fingerprint density at radius 1 is 1.27 bits per heavy atom. The van der Waals surface area contributed by atoms with E-state index in [1.165, 1.54) is 0 Å². The molecule has 0 spiro atoms.